The van der Waals surface area contributed by atoms with Gasteiger partial charge in [-0.15, -0.1) is 0 Å². The molecule has 0 bridgehead atoms. The van der Waals surface area contributed by atoms with E-state index in [9.17, 15) is 9.59 Å². The fourth-order valence-corrected chi connectivity index (χ4v) is 4.22. The first kappa shape index (κ1) is 16.8. The molecule has 2 N–H and O–H groups in total. The quantitative estimate of drug-likeness (QED) is 0.536. The number of amides is 2. The van der Waals surface area contributed by atoms with Gasteiger partial charge in [-0.1, -0.05) is 13.8 Å². The molecule has 120 valence electrons. The number of piperidine rings is 1. The van der Waals surface area contributed by atoms with Crippen molar-refractivity contribution >= 4 is 34.9 Å². The zero-order valence-corrected chi connectivity index (χ0v) is 15.1. The largest absolute Gasteiger partial charge is 0.453 e. The zero-order chi connectivity index (χ0) is 15.8. The van der Waals surface area contributed by atoms with Gasteiger partial charge in [0.15, 0.2) is 0 Å². The van der Waals surface area contributed by atoms with E-state index in [1.807, 2.05) is 13.8 Å². The number of ether oxygens (including phenoxy) is 1. The summed E-state index contributed by atoms with van der Waals surface area (Å²) < 4.78 is 6.95. The number of carbonyl (C=O) groups is 2. The van der Waals surface area contributed by atoms with Gasteiger partial charge in [-0.3, -0.25) is 4.79 Å². The minimum Gasteiger partial charge on any atom is -0.453 e. The van der Waals surface area contributed by atoms with E-state index in [1.165, 1.54) is 7.11 Å². The second-order valence-corrected chi connectivity index (χ2v) is 7.67. The van der Waals surface area contributed by atoms with Crippen LogP contribution in [0.1, 0.15) is 33.6 Å². The van der Waals surface area contributed by atoms with Gasteiger partial charge in [0.05, 0.1) is 7.11 Å². The molecule has 2 aliphatic rings. The molecule has 6 nitrogen and oxygen atoms in total. The third-order valence-electron chi connectivity index (χ3n) is 4.59. The van der Waals surface area contributed by atoms with Crippen LogP contribution in [0.15, 0.2) is 0 Å². The lowest BCUT2D eigenvalue weighted by molar-refractivity contribution is -0.124. The Morgan fingerprint density at radius 2 is 2.10 bits per heavy atom. The van der Waals surface area contributed by atoms with Crippen molar-refractivity contribution in [1.29, 1.82) is 0 Å². The molecule has 1 heterocycles. The first-order valence-corrected chi connectivity index (χ1v) is 8.33. The van der Waals surface area contributed by atoms with Gasteiger partial charge in [0.2, 0.25) is 5.91 Å². The lowest BCUT2D eigenvalue weighted by Crippen LogP contribution is -2.50. The fraction of sp³-hybridized carbons (Fsp3) is 0.857. The summed E-state index contributed by atoms with van der Waals surface area (Å²) in [7, 11) is 1.30. The lowest BCUT2D eigenvalue weighted by Gasteiger charge is -2.22. The van der Waals surface area contributed by atoms with Gasteiger partial charge in [-0.05, 0) is 25.7 Å². The number of halogens is 1. The average Bonchev–Trinajstić information content (AvgIpc) is 3.08. The summed E-state index contributed by atoms with van der Waals surface area (Å²) in [5.41, 5.74) is 0.239. The predicted molar refractivity (Wildman–Crippen MR) is 88.0 cm³/mol. The molecule has 1 saturated heterocycles. The van der Waals surface area contributed by atoms with Gasteiger partial charge in [0.1, 0.15) is 6.04 Å². The highest BCUT2D eigenvalue weighted by Crippen LogP contribution is 2.60. The highest BCUT2D eigenvalue weighted by Gasteiger charge is 2.63. The van der Waals surface area contributed by atoms with Crippen LogP contribution in [-0.4, -0.2) is 46.9 Å². The Bertz CT molecular complexity index is 432. The summed E-state index contributed by atoms with van der Waals surface area (Å²) in [5, 5.41) is 5.62. The highest BCUT2D eigenvalue weighted by molar-refractivity contribution is 14.1. The van der Waals surface area contributed by atoms with Crippen LogP contribution in [0.3, 0.4) is 0 Å². The van der Waals surface area contributed by atoms with Crippen molar-refractivity contribution in [2.24, 2.45) is 11.3 Å². The molecule has 0 aromatic heterocycles. The van der Waals surface area contributed by atoms with E-state index in [4.69, 9.17) is 0 Å². The van der Waals surface area contributed by atoms with Gasteiger partial charge in [-0.2, -0.15) is 0 Å². The third-order valence-corrected chi connectivity index (χ3v) is 6.21. The SMILES string of the molecule is COC(=O)N[C@H](C(=O)NCC12CC1N(I)[C@H](C)C2)C(C)C. The van der Waals surface area contributed by atoms with Crippen molar-refractivity contribution in [1.82, 2.24) is 13.7 Å². The summed E-state index contributed by atoms with van der Waals surface area (Å²) in [5.74, 6) is -0.116. The van der Waals surface area contributed by atoms with E-state index in [0.29, 0.717) is 18.6 Å². The van der Waals surface area contributed by atoms with E-state index in [1.54, 1.807) is 0 Å². The molecule has 0 aromatic rings. The van der Waals surface area contributed by atoms with Gasteiger partial charge in [0, 0.05) is 46.9 Å². The lowest BCUT2D eigenvalue weighted by atomic mass is 9.99. The Morgan fingerprint density at radius 3 is 2.57 bits per heavy atom. The number of hydrogen-bond acceptors (Lipinski definition) is 4. The molecule has 4 atom stereocenters. The van der Waals surface area contributed by atoms with Crippen molar-refractivity contribution in [3.8, 4) is 0 Å². The average molecular weight is 409 g/mol. The minimum absolute atomic E-state index is 0.0141. The topological polar surface area (TPSA) is 70.7 Å². The van der Waals surface area contributed by atoms with Crippen molar-refractivity contribution in [2.45, 2.75) is 51.7 Å². The van der Waals surface area contributed by atoms with Crippen LogP contribution in [0.5, 0.6) is 0 Å². The maximum absolute atomic E-state index is 12.3. The fourth-order valence-electron chi connectivity index (χ4n) is 3.23. The first-order valence-electron chi connectivity index (χ1n) is 7.37. The van der Waals surface area contributed by atoms with E-state index in [0.717, 1.165) is 12.8 Å². The normalized spacial score (nSPS) is 32.5. The maximum atomic E-state index is 12.3. The van der Waals surface area contributed by atoms with Crippen molar-refractivity contribution in [3.63, 3.8) is 0 Å². The predicted octanol–water partition coefficient (Wildman–Crippen LogP) is 1.69. The number of rotatable bonds is 5. The molecule has 0 radical (unpaired) electrons. The number of methoxy groups -OCH3 is 1. The zero-order valence-electron chi connectivity index (χ0n) is 13.0. The Labute approximate surface area is 139 Å². The molecule has 1 aliphatic carbocycles. The molecule has 1 saturated carbocycles. The first-order chi connectivity index (χ1) is 9.80. The molecule has 21 heavy (non-hydrogen) atoms. The van der Waals surface area contributed by atoms with Crippen LogP contribution in [0, 0.1) is 11.3 Å². The van der Waals surface area contributed by atoms with Gasteiger partial charge < -0.3 is 15.4 Å². The molecule has 2 rings (SSSR count). The molecule has 2 fully saturated rings. The van der Waals surface area contributed by atoms with Crippen LogP contribution < -0.4 is 10.6 Å². The van der Waals surface area contributed by atoms with Crippen LogP contribution in [0.4, 0.5) is 4.79 Å². The number of fused-ring (bicyclic) bond motifs is 1. The summed E-state index contributed by atoms with van der Waals surface area (Å²) >= 11 is 2.38. The Balaban J connectivity index is 1.87. The van der Waals surface area contributed by atoms with Crippen LogP contribution in [0.2, 0.25) is 0 Å². The van der Waals surface area contributed by atoms with Crippen LogP contribution in [0.25, 0.3) is 0 Å². The summed E-state index contributed by atoms with van der Waals surface area (Å²) in [4.78, 5) is 23.6. The monoisotopic (exact) mass is 409 g/mol. The number of hydrogen-bond donors (Lipinski definition) is 2. The summed E-state index contributed by atoms with van der Waals surface area (Å²) in [6.07, 6.45) is 1.70. The Morgan fingerprint density at radius 1 is 1.43 bits per heavy atom. The van der Waals surface area contributed by atoms with Crippen molar-refractivity contribution in [2.75, 3.05) is 13.7 Å². The van der Waals surface area contributed by atoms with E-state index in [-0.39, 0.29) is 17.2 Å². The molecule has 2 amide bonds. The Hall–Kier alpha value is -0.570. The van der Waals surface area contributed by atoms with E-state index in [2.05, 4.69) is 48.3 Å². The molecule has 0 spiro atoms. The van der Waals surface area contributed by atoms with Crippen LogP contribution >= 0.6 is 22.9 Å². The van der Waals surface area contributed by atoms with Gasteiger partial charge in [-0.25, -0.2) is 7.91 Å². The summed E-state index contributed by atoms with van der Waals surface area (Å²) in [6.45, 7) is 6.72. The van der Waals surface area contributed by atoms with Crippen molar-refractivity contribution in [3.05, 3.63) is 0 Å². The maximum Gasteiger partial charge on any atom is 0.407 e. The van der Waals surface area contributed by atoms with Gasteiger partial charge in [0.25, 0.3) is 0 Å². The summed E-state index contributed by atoms with van der Waals surface area (Å²) in [6, 6.07) is 0.593. The number of carbonyl (C=O) groups excluding carboxylic acids is 2. The molecule has 0 aromatic carbocycles. The molecule has 2 unspecified atom stereocenters. The number of nitrogens with zero attached hydrogens (tertiary/aromatic N) is 1. The number of nitrogens with one attached hydrogen (secondary N) is 2. The molecular weight excluding hydrogens is 385 g/mol. The standard InChI is InChI=1S/C14H24IN3O3/c1-8(2)11(17-13(20)21-4)12(19)16-7-14-5-9(3)18(15)10(14)6-14/h8-11H,5-7H2,1-4H3,(H,16,19)(H,17,20)/t9-,10?,11+,14?/m1/s1. The van der Waals surface area contributed by atoms with Crippen molar-refractivity contribution < 1.29 is 14.3 Å². The smallest absolute Gasteiger partial charge is 0.407 e. The second kappa shape index (κ2) is 6.28. The van der Waals surface area contributed by atoms with Crippen LogP contribution in [-0.2, 0) is 9.53 Å². The second-order valence-electron chi connectivity index (χ2n) is 6.56. The minimum atomic E-state index is -0.570. The highest BCUT2D eigenvalue weighted by atomic mass is 127. The number of alkyl carbamates (subject to hydrolysis) is 1. The molecule has 7 heteroatoms. The van der Waals surface area contributed by atoms with E-state index < -0.39 is 12.1 Å². The van der Waals surface area contributed by atoms with E-state index >= 15 is 0 Å². The van der Waals surface area contributed by atoms with Gasteiger partial charge >= 0.3 is 6.09 Å². The third kappa shape index (κ3) is 3.44. The Kier molecular flexibility index (Phi) is 5.02. The molecule has 1 aliphatic heterocycles. The molecular formula is C14H24IN3O3.